The summed E-state index contributed by atoms with van der Waals surface area (Å²) >= 11 is 6.85. The minimum absolute atomic E-state index is 0.0211. The van der Waals surface area contributed by atoms with Crippen molar-refractivity contribution in [1.29, 1.82) is 0 Å². The number of carbonyl (C=O) groups excluding carboxylic acids is 1. The number of benzene rings is 2. The Hall–Kier alpha value is -3.31. The average Bonchev–Trinajstić information content (AvgIpc) is 3.25. The molecule has 2 aromatic carbocycles. The Kier molecular flexibility index (Phi) is 6.43. The molecule has 7 nitrogen and oxygen atoms in total. The molecule has 0 saturated carbocycles. The average molecular weight is 494 g/mol. The van der Waals surface area contributed by atoms with Gasteiger partial charge in [-0.1, -0.05) is 41.6 Å². The topological polar surface area (TPSA) is 92.7 Å². The summed E-state index contributed by atoms with van der Waals surface area (Å²) in [5.41, 5.74) is -0.555. The van der Waals surface area contributed by atoms with E-state index in [1.807, 2.05) is 0 Å². The van der Waals surface area contributed by atoms with Crippen LogP contribution in [0.5, 0.6) is 0 Å². The first-order chi connectivity index (χ1) is 15.7. The fraction of sp³-hybridized carbons (Fsp3) is 0.143. The van der Waals surface area contributed by atoms with Gasteiger partial charge in [0.05, 0.1) is 23.2 Å². The van der Waals surface area contributed by atoms with E-state index in [-0.39, 0.29) is 40.1 Å². The van der Waals surface area contributed by atoms with E-state index in [1.165, 1.54) is 18.3 Å². The molecule has 4 rings (SSSR count). The molecule has 0 fully saturated rings. The van der Waals surface area contributed by atoms with Crippen molar-refractivity contribution in [3.63, 3.8) is 0 Å². The zero-order chi connectivity index (χ0) is 23.6. The van der Waals surface area contributed by atoms with Crippen LogP contribution in [-0.2, 0) is 17.5 Å². The summed E-state index contributed by atoms with van der Waals surface area (Å²) in [6, 6.07) is 11.3. The lowest BCUT2D eigenvalue weighted by molar-refractivity contribution is -0.137. The third-order valence-electron chi connectivity index (χ3n) is 4.59. The maximum absolute atomic E-state index is 13.2. The van der Waals surface area contributed by atoms with Crippen molar-refractivity contribution in [2.75, 3.05) is 5.75 Å². The van der Waals surface area contributed by atoms with Crippen LogP contribution in [-0.4, -0.2) is 31.4 Å². The van der Waals surface area contributed by atoms with Gasteiger partial charge in [-0.15, -0.1) is 0 Å². The number of hydrogen-bond acceptors (Lipinski definition) is 5. The molecule has 0 aliphatic carbocycles. The molecular weight excluding hydrogens is 479 g/mol. The summed E-state index contributed by atoms with van der Waals surface area (Å²) in [5, 5.41) is 9.79. The van der Waals surface area contributed by atoms with Gasteiger partial charge in [-0.3, -0.25) is 19.3 Å². The van der Waals surface area contributed by atoms with E-state index >= 15 is 0 Å². The van der Waals surface area contributed by atoms with Gasteiger partial charge in [-0.05, 0) is 35.9 Å². The number of carbonyl (C=O) groups is 1. The Morgan fingerprint density at radius 2 is 1.97 bits per heavy atom. The van der Waals surface area contributed by atoms with E-state index in [2.05, 4.69) is 20.5 Å². The van der Waals surface area contributed by atoms with Crippen molar-refractivity contribution in [3.05, 3.63) is 81.2 Å². The molecule has 2 N–H and O–H groups in total. The molecule has 0 bridgehead atoms. The number of hydrogen-bond donors (Lipinski definition) is 2. The molecule has 2 heterocycles. The summed E-state index contributed by atoms with van der Waals surface area (Å²) in [5.74, 6) is -0.472. The number of rotatable bonds is 6. The Balaban J connectivity index is 1.61. The highest BCUT2D eigenvalue weighted by Crippen LogP contribution is 2.31. The Morgan fingerprint density at radius 1 is 1.18 bits per heavy atom. The molecule has 0 aliphatic rings. The molecule has 33 heavy (non-hydrogen) atoms. The lowest BCUT2D eigenvalue weighted by atomic mass is 10.2. The van der Waals surface area contributed by atoms with Crippen LogP contribution in [0.25, 0.3) is 16.7 Å². The molecule has 0 aliphatic heterocycles. The van der Waals surface area contributed by atoms with Gasteiger partial charge in [0.15, 0.2) is 10.8 Å². The Morgan fingerprint density at radius 3 is 2.73 bits per heavy atom. The van der Waals surface area contributed by atoms with Gasteiger partial charge in [0.2, 0.25) is 5.91 Å². The fourth-order valence-corrected chi connectivity index (χ4v) is 4.10. The maximum Gasteiger partial charge on any atom is 0.416 e. The highest BCUT2D eigenvalue weighted by atomic mass is 35.5. The normalized spacial score (nSPS) is 11.6. The van der Waals surface area contributed by atoms with Gasteiger partial charge in [0, 0.05) is 11.6 Å². The van der Waals surface area contributed by atoms with E-state index in [0.717, 1.165) is 34.0 Å². The van der Waals surface area contributed by atoms with Crippen LogP contribution >= 0.6 is 23.4 Å². The van der Waals surface area contributed by atoms with Crippen molar-refractivity contribution in [3.8, 4) is 5.69 Å². The lowest BCUT2D eigenvalue weighted by Crippen LogP contribution is -2.26. The number of thioether (sulfide) groups is 1. The van der Waals surface area contributed by atoms with Crippen molar-refractivity contribution in [2.45, 2.75) is 17.9 Å². The highest BCUT2D eigenvalue weighted by Gasteiger charge is 2.31. The molecule has 12 heteroatoms. The molecular formula is C21H15ClF3N5O2S. The predicted molar refractivity (Wildman–Crippen MR) is 119 cm³/mol. The fourth-order valence-electron chi connectivity index (χ4n) is 3.05. The van der Waals surface area contributed by atoms with E-state index in [1.54, 1.807) is 24.3 Å². The summed E-state index contributed by atoms with van der Waals surface area (Å²) in [4.78, 5) is 29.7. The highest BCUT2D eigenvalue weighted by molar-refractivity contribution is 7.99. The molecule has 0 unspecified atom stereocenters. The number of nitrogens with zero attached hydrogens (tertiary/aromatic N) is 3. The molecule has 0 atom stereocenters. The van der Waals surface area contributed by atoms with Crippen LogP contribution in [0.3, 0.4) is 0 Å². The quantitative estimate of drug-likeness (QED) is 0.310. The maximum atomic E-state index is 13.2. The van der Waals surface area contributed by atoms with Crippen LogP contribution < -0.4 is 10.9 Å². The summed E-state index contributed by atoms with van der Waals surface area (Å²) < 4.78 is 40.7. The van der Waals surface area contributed by atoms with Crippen molar-refractivity contribution in [2.24, 2.45) is 0 Å². The van der Waals surface area contributed by atoms with Crippen LogP contribution in [0.15, 0.2) is 64.7 Å². The Labute approximate surface area is 194 Å². The van der Waals surface area contributed by atoms with Gasteiger partial charge >= 0.3 is 6.18 Å². The van der Waals surface area contributed by atoms with Crippen LogP contribution in [0.1, 0.15) is 11.1 Å². The number of halogens is 4. The largest absolute Gasteiger partial charge is 0.416 e. The van der Waals surface area contributed by atoms with E-state index in [9.17, 15) is 22.8 Å². The summed E-state index contributed by atoms with van der Waals surface area (Å²) in [6.45, 7) is 0.243. The number of alkyl halides is 3. The number of aromatic nitrogens is 4. The second-order valence-corrected chi connectivity index (χ2v) is 8.29. The molecule has 0 radical (unpaired) electrons. The van der Waals surface area contributed by atoms with Gasteiger partial charge in [0.1, 0.15) is 5.39 Å². The molecule has 0 saturated heterocycles. The zero-order valence-electron chi connectivity index (χ0n) is 16.7. The number of fused-ring (bicyclic) bond motifs is 1. The number of H-pyrrole nitrogens is 1. The smallest absolute Gasteiger partial charge is 0.351 e. The number of amides is 1. The van der Waals surface area contributed by atoms with E-state index < -0.39 is 17.3 Å². The second kappa shape index (κ2) is 9.28. The zero-order valence-corrected chi connectivity index (χ0v) is 18.3. The monoisotopic (exact) mass is 493 g/mol. The SMILES string of the molecule is O=C(CSc1nc2[nH]ncc2c(=O)n1-c1cccc(C(F)(F)F)c1)NCc1cccc(Cl)c1. The molecule has 2 aromatic heterocycles. The lowest BCUT2D eigenvalue weighted by Gasteiger charge is -2.14. The molecule has 1 amide bonds. The minimum atomic E-state index is -4.58. The third kappa shape index (κ3) is 5.20. The van der Waals surface area contributed by atoms with Crippen molar-refractivity contribution in [1.82, 2.24) is 25.1 Å². The first-order valence-corrected chi connectivity index (χ1v) is 10.9. The van der Waals surface area contributed by atoms with Crippen LogP contribution in [0, 0.1) is 0 Å². The predicted octanol–water partition coefficient (Wildman–Crippen LogP) is 4.19. The molecule has 0 spiro atoms. The first kappa shape index (κ1) is 22.9. The van der Waals surface area contributed by atoms with Gasteiger partial charge in [-0.25, -0.2) is 4.98 Å². The molecule has 4 aromatic rings. The Bertz CT molecular complexity index is 1390. The van der Waals surface area contributed by atoms with Gasteiger partial charge in [-0.2, -0.15) is 18.3 Å². The van der Waals surface area contributed by atoms with Crippen LogP contribution in [0.4, 0.5) is 13.2 Å². The second-order valence-electron chi connectivity index (χ2n) is 6.91. The summed E-state index contributed by atoms with van der Waals surface area (Å²) in [7, 11) is 0. The van der Waals surface area contributed by atoms with Gasteiger partial charge in [0.25, 0.3) is 5.56 Å². The summed E-state index contributed by atoms with van der Waals surface area (Å²) in [6.07, 6.45) is -3.33. The first-order valence-electron chi connectivity index (χ1n) is 9.50. The molecule has 170 valence electrons. The number of nitrogens with one attached hydrogen (secondary N) is 2. The van der Waals surface area contributed by atoms with E-state index in [0.29, 0.717) is 5.02 Å². The minimum Gasteiger partial charge on any atom is -0.351 e. The van der Waals surface area contributed by atoms with Crippen molar-refractivity contribution >= 4 is 40.3 Å². The standard InChI is InChI=1S/C21H15ClF3N5O2S/c22-14-5-1-3-12(7-14)9-26-17(31)11-33-20-28-18-16(10-27-29-18)19(32)30(20)15-6-2-4-13(8-15)21(23,24)25/h1-8,10H,9,11H2,(H,26,31)(H,27,29). The number of aromatic amines is 1. The third-order valence-corrected chi connectivity index (χ3v) is 5.77. The van der Waals surface area contributed by atoms with Crippen LogP contribution in [0.2, 0.25) is 5.02 Å². The van der Waals surface area contributed by atoms with Crippen molar-refractivity contribution < 1.29 is 18.0 Å². The van der Waals surface area contributed by atoms with Gasteiger partial charge < -0.3 is 5.32 Å². The van der Waals surface area contributed by atoms with E-state index in [4.69, 9.17) is 11.6 Å².